The van der Waals surface area contributed by atoms with Crippen molar-refractivity contribution in [1.82, 2.24) is 15.1 Å². The Kier molecular flexibility index (Phi) is 6.56. The number of benzene rings is 1. The summed E-state index contributed by atoms with van der Waals surface area (Å²) in [5.41, 5.74) is 3.29. The number of hydrogen-bond donors (Lipinski definition) is 1. The molecule has 1 aliphatic heterocycles. The van der Waals surface area contributed by atoms with Crippen LogP contribution < -0.4 is 15.1 Å². The minimum Gasteiger partial charge on any atom is -0.372 e. The maximum atomic E-state index is 12.7. The number of anilines is 2. The lowest BCUT2D eigenvalue weighted by Crippen LogP contribution is -2.51. The van der Waals surface area contributed by atoms with Crippen molar-refractivity contribution in [3.8, 4) is 0 Å². The second-order valence-corrected chi connectivity index (χ2v) is 7.62. The van der Waals surface area contributed by atoms with Gasteiger partial charge in [0, 0.05) is 37.8 Å². The van der Waals surface area contributed by atoms with Crippen LogP contribution in [0, 0.1) is 13.8 Å². The van der Waals surface area contributed by atoms with Crippen LogP contribution in [0.2, 0.25) is 0 Å². The lowest BCUT2D eigenvalue weighted by Gasteiger charge is -2.32. The molecule has 1 aliphatic rings. The Balaban J connectivity index is 1.53. The molecule has 2 heterocycles. The predicted molar refractivity (Wildman–Crippen MR) is 115 cm³/mol. The molecule has 0 aliphatic carbocycles. The number of aromatic nitrogens is 2. The normalized spacial score (nSPS) is 14.5. The molecular formula is C22H31N5O2. The van der Waals surface area contributed by atoms with Crippen LogP contribution in [0.25, 0.3) is 0 Å². The summed E-state index contributed by atoms with van der Waals surface area (Å²) in [5.74, 6) is 0.541. The topological polar surface area (TPSA) is 70.5 Å². The predicted octanol–water partition coefficient (Wildman–Crippen LogP) is 2.66. The molecule has 0 radical (unpaired) electrons. The smallest absolute Gasteiger partial charge is 0.242 e. The van der Waals surface area contributed by atoms with Gasteiger partial charge < -0.3 is 10.2 Å². The zero-order valence-corrected chi connectivity index (χ0v) is 17.8. The van der Waals surface area contributed by atoms with Crippen LogP contribution in [0.1, 0.15) is 37.9 Å². The SMILES string of the molecule is CCN(CCCNC(=O)[C@@H](C)N1C(=O)CCn2nc(C)cc21)c1cccc(C)c1. The van der Waals surface area contributed by atoms with E-state index in [4.69, 9.17) is 0 Å². The molecular weight excluding hydrogens is 366 g/mol. The van der Waals surface area contributed by atoms with E-state index in [1.807, 2.05) is 17.7 Å². The number of carbonyl (C=O) groups is 2. The summed E-state index contributed by atoms with van der Waals surface area (Å²) >= 11 is 0. The van der Waals surface area contributed by atoms with E-state index in [1.54, 1.807) is 11.8 Å². The summed E-state index contributed by atoms with van der Waals surface area (Å²) in [7, 11) is 0. The molecule has 156 valence electrons. The van der Waals surface area contributed by atoms with Gasteiger partial charge in [-0.3, -0.25) is 14.5 Å². The highest BCUT2D eigenvalue weighted by Crippen LogP contribution is 2.24. The average Bonchev–Trinajstić information content (AvgIpc) is 3.07. The second kappa shape index (κ2) is 9.11. The van der Waals surface area contributed by atoms with E-state index >= 15 is 0 Å². The molecule has 1 N–H and O–H groups in total. The first-order valence-corrected chi connectivity index (χ1v) is 10.4. The third-order valence-corrected chi connectivity index (χ3v) is 5.35. The Morgan fingerprint density at radius 2 is 2.10 bits per heavy atom. The second-order valence-electron chi connectivity index (χ2n) is 7.62. The average molecular weight is 398 g/mol. The fourth-order valence-corrected chi connectivity index (χ4v) is 3.80. The molecule has 0 fully saturated rings. The zero-order chi connectivity index (χ0) is 21.0. The van der Waals surface area contributed by atoms with Gasteiger partial charge in [-0.1, -0.05) is 12.1 Å². The van der Waals surface area contributed by atoms with Gasteiger partial charge in [-0.05, 0) is 51.8 Å². The van der Waals surface area contributed by atoms with Gasteiger partial charge in [0.1, 0.15) is 11.9 Å². The summed E-state index contributed by atoms with van der Waals surface area (Å²) in [6.45, 7) is 10.8. The molecule has 0 bridgehead atoms. The Morgan fingerprint density at radius 1 is 1.31 bits per heavy atom. The van der Waals surface area contributed by atoms with Crippen LogP contribution >= 0.6 is 0 Å². The summed E-state index contributed by atoms with van der Waals surface area (Å²) in [6.07, 6.45) is 1.21. The third kappa shape index (κ3) is 4.78. The van der Waals surface area contributed by atoms with Crippen molar-refractivity contribution in [3.05, 3.63) is 41.6 Å². The van der Waals surface area contributed by atoms with E-state index in [2.05, 4.69) is 53.4 Å². The molecule has 1 aromatic heterocycles. The molecule has 7 heteroatoms. The Hall–Kier alpha value is -2.83. The Bertz CT molecular complexity index is 876. The van der Waals surface area contributed by atoms with Crippen molar-refractivity contribution in [2.45, 2.75) is 53.1 Å². The van der Waals surface area contributed by atoms with E-state index in [-0.39, 0.29) is 11.8 Å². The quantitative estimate of drug-likeness (QED) is 0.695. The molecule has 0 saturated carbocycles. The van der Waals surface area contributed by atoms with Crippen molar-refractivity contribution in [1.29, 1.82) is 0 Å². The number of fused-ring (bicyclic) bond motifs is 1. The van der Waals surface area contributed by atoms with Crippen LogP contribution in [-0.2, 0) is 16.1 Å². The van der Waals surface area contributed by atoms with Crippen molar-refractivity contribution < 1.29 is 9.59 Å². The minimum atomic E-state index is -0.559. The van der Waals surface area contributed by atoms with Gasteiger partial charge in [-0.15, -0.1) is 0 Å². The molecule has 0 saturated heterocycles. The first kappa shape index (κ1) is 20.9. The van der Waals surface area contributed by atoms with E-state index < -0.39 is 6.04 Å². The van der Waals surface area contributed by atoms with E-state index in [9.17, 15) is 9.59 Å². The fourth-order valence-electron chi connectivity index (χ4n) is 3.80. The van der Waals surface area contributed by atoms with Gasteiger partial charge in [0.2, 0.25) is 11.8 Å². The maximum absolute atomic E-state index is 12.7. The molecule has 29 heavy (non-hydrogen) atoms. The third-order valence-electron chi connectivity index (χ3n) is 5.35. The van der Waals surface area contributed by atoms with Gasteiger partial charge in [-0.25, -0.2) is 4.68 Å². The number of nitrogens with zero attached hydrogens (tertiary/aromatic N) is 4. The Morgan fingerprint density at radius 3 is 2.83 bits per heavy atom. The summed E-state index contributed by atoms with van der Waals surface area (Å²) in [5, 5.41) is 7.39. The maximum Gasteiger partial charge on any atom is 0.242 e. The number of nitrogens with one attached hydrogen (secondary N) is 1. The van der Waals surface area contributed by atoms with Crippen LogP contribution in [0.3, 0.4) is 0 Å². The van der Waals surface area contributed by atoms with E-state index in [1.165, 1.54) is 11.3 Å². The van der Waals surface area contributed by atoms with Gasteiger partial charge in [0.15, 0.2) is 0 Å². The molecule has 0 unspecified atom stereocenters. The monoisotopic (exact) mass is 397 g/mol. The summed E-state index contributed by atoms with van der Waals surface area (Å²) in [4.78, 5) is 29.0. The van der Waals surface area contributed by atoms with Crippen LogP contribution in [-0.4, -0.2) is 47.3 Å². The molecule has 0 spiro atoms. The van der Waals surface area contributed by atoms with E-state index in [0.717, 1.165) is 25.2 Å². The van der Waals surface area contributed by atoms with Crippen LogP contribution in [0.4, 0.5) is 11.5 Å². The lowest BCUT2D eigenvalue weighted by atomic mass is 10.2. The van der Waals surface area contributed by atoms with Gasteiger partial charge in [-0.2, -0.15) is 5.10 Å². The lowest BCUT2D eigenvalue weighted by molar-refractivity contribution is -0.126. The largest absolute Gasteiger partial charge is 0.372 e. The highest BCUT2D eigenvalue weighted by atomic mass is 16.2. The summed E-state index contributed by atoms with van der Waals surface area (Å²) in [6, 6.07) is 9.76. The number of rotatable bonds is 8. The number of amides is 2. The highest BCUT2D eigenvalue weighted by Gasteiger charge is 2.32. The molecule has 1 aromatic carbocycles. The summed E-state index contributed by atoms with van der Waals surface area (Å²) < 4.78 is 1.81. The van der Waals surface area contributed by atoms with Gasteiger partial charge in [0.25, 0.3) is 0 Å². The molecule has 2 amide bonds. The number of carbonyl (C=O) groups excluding carboxylic acids is 2. The molecule has 2 aromatic rings. The zero-order valence-electron chi connectivity index (χ0n) is 17.8. The van der Waals surface area contributed by atoms with Gasteiger partial charge >= 0.3 is 0 Å². The van der Waals surface area contributed by atoms with Crippen molar-refractivity contribution >= 4 is 23.3 Å². The number of aryl methyl sites for hydroxylation is 3. The highest BCUT2D eigenvalue weighted by molar-refractivity contribution is 6.00. The van der Waals surface area contributed by atoms with Gasteiger partial charge in [0.05, 0.1) is 12.2 Å². The van der Waals surface area contributed by atoms with Crippen molar-refractivity contribution in [2.24, 2.45) is 0 Å². The number of hydrogen-bond acceptors (Lipinski definition) is 4. The fraction of sp³-hybridized carbons (Fsp3) is 0.500. The Labute approximate surface area is 172 Å². The molecule has 3 rings (SSSR count). The first-order chi connectivity index (χ1) is 13.9. The molecule has 7 nitrogen and oxygen atoms in total. The van der Waals surface area contributed by atoms with Crippen molar-refractivity contribution in [3.63, 3.8) is 0 Å². The standard InChI is InChI=1S/C22H31N5O2/c1-5-25(19-9-6-8-16(2)14-19)12-7-11-23-22(29)18(4)27-20-15-17(3)24-26(20)13-10-21(27)28/h6,8-9,14-15,18H,5,7,10-13H2,1-4H3,(H,23,29)/t18-/m1/s1. The molecule has 1 atom stereocenters. The van der Waals surface area contributed by atoms with Crippen LogP contribution in [0.5, 0.6) is 0 Å². The van der Waals surface area contributed by atoms with Crippen molar-refractivity contribution in [2.75, 3.05) is 29.4 Å². The minimum absolute atomic E-state index is 0.0309. The van der Waals surface area contributed by atoms with E-state index in [0.29, 0.717) is 25.3 Å². The van der Waals surface area contributed by atoms with Crippen LogP contribution in [0.15, 0.2) is 30.3 Å². The first-order valence-electron chi connectivity index (χ1n) is 10.4.